The van der Waals surface area contributed by atoms with Crippen LogP contribution in [0, 0.1) is 0 Å². The van der Waals surface area contributed by atoms with Crippen molar-refractivity contribution in [3.8, 4) is 0 Å². The topological polar surface area (TPSA) is 44.8 Å². The minimum absolute atomic E-state index is 0.0179. The molecule has 0 aromatic carbocycles. The van der Waals surface area contributed by atoms with Crippen LogP contribution >= 0.6 is 0 Å². The number of carbonyl (C=O) groups excluding carboxylic acids is 1. The molecule has 1 aliphatic carbocycles. The average molecular weight is 258 g/mol. The number of carbonyl (C=O) groups is 1. The van der Waals surface area contributed by atoms with Gasteiger partial charge in [0, 0.05) is 0 Å². The molecule has 1 fully saturated rings. The van der Waals surface area contributed by atoms with Gasteiger partial charge in [0.25, 0.3) is 0 Å². The third kappa shape index (κ3) is 6.24. The third-order valence-corrected chi connectivity index (χ3v) is 3.28. The predicted octanol–water partition coefficient (Wildman–Crippen LogP) is 4.37. The Bertz CT molecular complexity index is 244. The van der Waals surface area contributed by atoms with Crippen molar-refractivity contribution in [1.29, 1.82) is 0 Å². The fourth-order valence-electron chi connectivity index (χ4n) is 2.15. The van der Waals surface area contributed by atoms with Crippen molar-refractivity contribution in [2.24, 2.45) is 0 Å². The average Bonchev–Trinajstić information content (AvgIpc) is 2.80. The molecule has 4 heteroatoms. The predicted molar refractivity (Wildman–Crippen MR) is 69.1 cm³/mol. The molecule has 0 saturated heterocycles. The van der Waals surface area contributed by atoms with E-state index in [1.807, 2.05) is 13.8 Å². The molecule has 0 aromatic rings. The maximum absolute atomic E-state index is 11.4. The van der Waals surface area contributed by atoms with Gasteiger partial charge in [0.1, 0.15) is 11.7 Å². The Labute approximate surface area is 110 Å². The van der Waals surface area contributed by atoms with Gasteiger partial charge in [0.05, 0.1) is 0 Å². The number of hydrogen-bond acceptors (Lipinski definition) is 4. The highest BCUT2D eigenvalue weighted by Crippen LogP contribution is 2.23. The number of rotatable bonds is 7. The van der Waals surface area contributed by atoms with Crippen LogP contribution in [-0.4, -0.2) is 17.9 Å². The Morgan fingerprint density at radius 2 is 1.89 bits per heavy atom. The Morgan fingerprint density at radius 1 is 1.22 bits per heavy atom. The van der Waals surface area contributed by atoms with Crippen LogP contribution in [0.15, 0.2) is 0 Å². The quantitative estimate of drug-likeness (QED) is 0.294. The van der Waals surface area contributed by atoms with Crippen LogP contribution in [0.25, 0.3) is 0 Å². The van der Waals surface area contributed by atoms with Crippen molar-refractivity contribution in [2.45, 2.75) is 83.8 Å². The van der Waals surface area contributed by atoms with Gasteiger partial charge in [0.2, 0.25) is 0 Å². The Kier molecular flexibility index (Phi) is 6.47. The van der Waals surface area contributed by atoms with E-state index in [2.05, 4.69) is 6.92 Å². The smallest absolute Gasteiger partial charge is 0.429 e. The molecule has 1 rings (SSSR count). The second-order valence-electron chi connectivity index (χ2n) is 5.66. The lowest BCUT2D eigenvalue weighted by atomic mass is 10.0. The molecule has 0 spiro atoms. The van der Waals surface area contributed by atoms with Crippen molar-refractivity contribution in [3.05, 3.63) is 0 Å². The van der Waals surface area contributed by atoms with E-state index in [-0.39, 0.29) is 6.10 Å². The van der Waals surface area contributed by atoms with Gasteiger partial charge in [0.15, 0.2) is 0 Å². The lowest BCUT2D eigenvalue weighted by molar-refractivity contribution is -0.320. The number of hydrogen-bond donors (Lipinski definition) is 0. The highest BCUT2D eigenvalue weighted by Gasteiger charge is 2.25. The maximum atomic E-state index is 11.4. The first-order valence-corrected chi connectivity index (χ1v) is 7.10. The van der Waals surface area contributed by atoms with Crippen molar-refractivity contribution < 1.29 is 19.3 Å². The largest absolute Gasteiger partial charge is 0.540 e. The lowest BCUT2D eigenvalue weighted by Crippen LogP contribution is -2.27. The van der Waals surface area contributed by atoms with E-state index in [1.54, 1.807) is 0 Å². The molecule has 18 heavy (non-hydrogen) atoms. The highest BCUT2D eigenvalue weighted by molar-refractivity contribution is 5.59. The van der Waals surface area contributed by atoms with Crippen LogP contribution in [0.1, 0.15) is 72.1 Å². The van der Waals surface area contributed by atoms with Gasteiger partial charge in [-0.05, 0) is 46.0 Å². The molecule has 1 saturated carbocycles. The molecule has 0 unspecified atom stereocenters. The summed E-state index contributed by atoms with van der Waals surface area (Å²) >= 11 is 0. The van der Waals surface area contributed by atoms with E-state index in [4.69, 9.17) is 14.5 Å². The molecular weight excluding hydrogens is 232 g/mol. The fourth-order valence-corrected chi connectivity index (χ4v) is 2.15. The Hall–Kier alpha value is -0.770. The van der Waals surface area contributed by atoms with E-state index in [0.717, 1.165) is 38.5 Å². The second kappa shape index (κ2) is 7.62. The summed E-state index contributed by atoms with van der Waals surface area (Å²) < 4.78 is 5.15. The van der Waals surface area contributed by atoms with Gasteiger partial charge in [-0.25, -0.2) is 4.79 Å². The van der Waals surface area contributed by atoms with Gasteiger partial charge in [-0.15, -0.1) is 0 Å². The Balaban J connectivity index is 2.15. The molecule has 0 radical (unpaired) electrons. The van der Waals surface area contributed by atoms with Gasteiger partial charge in [-0.3, -0.25) is 4.89 Å². The summed E-state index contributed by atoms with van der Waals surface area (Å²) in [5, 5.41) is 0. The molecule has 0 N–H and O–H groups in total. The van der Waals surface area contributed by atoms with Gasteiger partial charge >= 0.3 is 6.16 Å². The number of ether oxygens (including phenoxy) is 1. The van der Waals surface area contributed by atoms with E-state index in [1.165, 1.54) is 12.8 Å². The highest BCUT2D eigenvalue weighted by atomic mass is 17.2. The third-order valence-electron chi connectivity index (χ3n) is 3.28. The molecule has 0 bridgehead atoms. The van der Waals surface area contributed by atoms with Crippen molar-refractivity contribution in [3.63, 3.8) is 0 Å². The minimum atomic E-state index is -0.703. The maximum Gasteiger partial charge on any atom is 0.540 e. The summed E-state index contributed by atoms with van der Waals surface area (Å²) in [5.41, 5.74) is -0.441. The van der Waals surface area contributed by atoms with Gasteiger partial charge in [-0.1, -0.05) is 26.2 Å². The summed E-state index contributed by atoms with van der Waals surface area (Å²) in [6.07, 6.45) is 7.73. The molecule has 0 amide bonds. The summed E-state index contributed by atoms with van der Waals surface area (Å²) in [4.78, 5) is 21.3. The summed E-state index contributed by atoms with van der Waals surface area (Å²) in [5.74, 6) is 0. The van der Waals surface area contributed by atoms with E-state index >= 15 is 0 Å². The summed E-state index contributed by atoms with van der Waals surface area (Å²) in [6.45, 7) is 6.00. The van der Waals surface area contributed by atoms with Crippen molar-refractivity contribution in [1.82, 2.24) is 0 Å². The lowest BCUT2D eigenvalue weighted by Gasteiger charge is -2.22. The molecular formula is C14H26O4. The first-order chi connectivity index (χ1) is 8.53. The van der Waals surface area contributed by atoms with Gasteiger partial charge < -0.3 is 4.74 Å². The molecule has 0 aliphatic heterocycles. The zero-order chi connectivity index (χ0) is 13.4. The second-order valence-corrected chi connectivity index (χ2v) is 5.66. The molecule has 0 aromatic heterocycles. The van der Waals surface area contributed by atoms with Crippen LogP contribution in [0.4, 0.5) is 4.79 Å². The van der Waals surface area contributed by atoms with E-state index in [9.17, 15) is 4.79 Å². The first-order valence-electron chi connectivity index (χ1n) is 7.10. The molecule has 1 aliphatic rings. The monoisotopic (exact) mass is 258 g/mol. The normalized spacial score (nSPS) is 16.8. The minimum Gasteiger partial charge on any atom is -0.429 e. The SMILES string of the molecule is CCCCCC(C)(C)OOC(=O)OC1CCCC1. The number of unbranched alkanes of at least 4 members (excludes halogenated alkanes) is 2. The van der Waals surface area contributed by atoms with Crippen LogP contribution < -0.4 is 0 Å². The van der Waals surface area contributed by atoms with Crippen molar-refractivity contribution in [2.75, 3.05) is 0 Å². The van der Waals surface area contributed by atoms with Gasteiger partial charge in [-0.2, -0.15) is 4.89 Å². The van der Waals surface area contributed by atoms with Crippen LogP contribution in [0.3, 0.4) is 0 Å². The molecule has 4 nitrogen and oxygen atoms in total. The molecule has 0 atom stereocenters. The summed E-state index contributed by atoms with van der Waals surface area (Å²) in [7, 11) is 0. The van der Waals surface area contributed by atoms with Crippen molar-refractivity contribution >= 4 is 6.16 Å². The summed E-state index contributed by atoms with van der Waals surface area (Å²) in [6, 6.07) is 0. The zero-order valence-corrected chi connectivity index (χ0v) is 11.9. The Morgan fingerprint density at radius 3 is 2.50 bits per heavy atom. The van der Waals surface area contributed by atoms with E-state index < -0.39 is 11.8 Å². The zero-order valence-electron chi connectivity index (χ0n) is 11.9. The molecule has 0 heterocycles. The standard InChI is InChI=1S/C14H26O4/c1-4-5-8-11-14(2,3)18-17-13(15)16-12-9-6-7-10-12/h12H,4-11H2,1-3H3. The van der Waals surface area contributed by atoms with Crippen LogP contribution in [0.5, 0.6) is 0 Å². The fraction of sp³-hybridized carbons (Fsp3) is 0.929. The van der Waals surface area contributed by atoms with Crippen LogP contribution in [0.2, 0.25) is 0 Å². The van der Waals surface area contributed by atoms with Crippen LogP contribution in [-0.2, 0) is 14.5 Å². The van der Waals surface area contributed by atoms with E-state index in [0.29, 0.717) is 0 Å². The molecule has 106 valence electrons. The first kappa shape index (κ1) is 15.3.